The third kappa shape index (κ3) is 3.40. The van der Waals surface area contributed by atoms with Gasteiger partial charge in [0.05, 0.1) is 5.25 Å². The van der Waals surface area contributed by atoms with Gasteiger partial charge in [0.2, 0.25) is 10.0 Å². The second-order valence-electron chi connectivity index (χ2n) is 4.87. The van der Waals surface area contributed by atoms with Crippen molar-refractivity contribution in [3.8, 4) is 0 Å². The van der Waals surface area contributed by atoms with Crippen molar-refractivity contribution < 1.29 is 8.42 Å². The quantitative estimate of drug-likeness (QED) is 0.737. The normalized spacial score (nSPS) is 24.4. The minimum absolute atomic E-state index is 0.198. The van der Waals surface area contributed by atoms with Crippen molar-refractivity contribution in [2.45, 2.75) is 37.5 Å². The van der Waals surface area contributed by atoms with Gasteiger partial charge < -0.3 is 10.6 Å². The first-order chi connectivity index (χ1) is 7.93. The number of likely N-dealkylation sites (N-methyl/N-ethyl adjacent to an activating group) is 2. The molecule has 0 bridgehead atoms. The fourth-order valence-electron chi connectivity index (χ4n) is 2.36. The second-order valence-corrected chi connectivity index (χ2v) is 7.19. The van der Waals surface area contributed by atoms with Gasteiger partial charge in [-0.05, 0) is 32.9 Å². The standard InChI is InChI=1S/C11H25N3O2S/c1-4-11(8-12)17(15,16)14(3)9-10-6-5-7-13(10)2/h10-11H,4-9,12H2,1-3H3. The Bertz CT molecular complexity index is 328. The lowest BCUT2D eigenvalue weighted by molar-refractivity contribution is 0.270. The third-order valence-corrected chi connectivity index (χ3v) is 6.10. The predicted octanol–water partition coefficient (Wildman–Crippen LogP) is 0.0795. The molecule has 2 atom stereocenters. The molecule has 0 amide bonds. The van der Waals surface area contributed by atoms with Crippen LogP contribution in [-0.4, -0.2) is 62.6 Å². The number of hydrogen-bond acceptors (Lipinski definition) is 4. The molecule has 1 saturated heterocycles. The van der Waals surface area contributed by atoms with E-state index in [1.807, 2.05) is 6.92 Å². The lowest BCUT2D eigenvalue weighted by Gasteiger charge is -2.28. The van der Waals surface area contributed by atoms with Crippen molar-refractivity contribution in [3.63, 3.8) is 0 Å². The minimum Gasteiger partial charge on any atom is -0.329 e. The van der Waals surface area contributed by atoms with Gasteiger partial charge in [-0.15, -0.1) is 0 Å². The summed E-state index contributed by atoms with van der Waals surface area (Å²) in [6.45, 7) is 3.70. The van der Waals surface area contributed by atoms with E-state index in [2.05, 4.69) is 11.9 Å². The summed E-state index contributed by atoms with van der Waals surface area (Å²) in [5, 5.41) is -0.445. The molecule has 5 nitrogen and oxygen atoms in total. The van der Waals surface area contributed by atoms with Gasteiger partial charge in [-0.3, -0.25) is 0 Å². The molecule has 0 spiro atoms. The topological polar surface area (TPSA) is 66.6 Å². The molecule has 2 unspecified atom stereocenters. The summed E-state index contributed by atoms with van der Waals surface area (Å²) in [5.41, 5.74) is 5.53. The highest BCUT2D eigenvalue weighted by atomic mass is 32.2. The monoisotopic (exact) mass is 263 g/mol. The lowest BCUT2D eigenvalue weighted by Crippen LogP contribution is -2.45. The van der Waals surface area contributed by atoms with Gasteiger partial charge in [0, 0.05) is 26.2 Å². The van der Waals surface area contributed by atoms with Crippen molar-refractivity contribution >= 4 is 10.0 Å². The molecule has 102 valence electrons. The summed E-state index contributed by atoms with van der Waals surface area (Å²) >= 11 is 0. The maximum absolute atomic E-state index is 12.2. The Balaban J connectivity index is 2.65. The van der Waals surface area contributed by atoms with Crippen LogP contribution in [0.1, 0.15) is 26.2 Å². The van der Waals surface area contributed by atoms with Crippen LogP contribution in [0.15, 0.2) is 0 Å². The molecular weight excluding hydrogens is 238 g/mol. The van der Waals surface area contributed by atoms with Crippen LogP contribution in [0.4, 0.5) is 0 Å². The highest BCUT2D eigenvalue weighted by Gasteiger charge is 2.31. The zero-order valence-electron chi connectivity index (χ0n) is 11.1. The highest BCUT2D eigenvalue weighted by Crippen LogP contribution is 2.18. The molecule has 0 radical (unpaired) electrons. The van der Waals surface area contributed by atoms with Crippen molar-refractivity contribution in [1.29, 1.82) is 0 Å². The molecule has 1 aliphatic heterocycles. The van der Waals surface area contributed by atoms with Crippen molar-refractivity contribution in [3.05, 3.63) is 0 Å². The lowest BCUT2D eigenvalue weighted by atomic mass is 10.2. The van der Waals surface area contributed by atoms with Gasteiger partial charge in [-0.2, -0.15) is 0 Å². The van der Waals surface area contributed by atoms with Crippen molar-refractivity contribution in [2.24, 2.45) is 5.73 Å². The maximum Gasteiger partial charge on any atom is 0.218 e. The van der Waals surface area contributed by atoms with Gasteiger partial charge in [0.15, 0.2) is 0 Å². The fourth-order valence-corrected chi connectivity index (χ4v) is 3.92. The Kier molecular flexibility index (Phi) is 5.37. The van der Waals surface area contributed by atoms with Gasteiger partial charge in [0.25, 0.3) is 0 Å². The summed E-state index contributed by atoms with van der Waals surface area (Å²) in [5.74, 6) is 0. The number of rotatable bonds is 6. The second kappa shape index (κ2) is 6.13. The Morgan fingerprint density at radius 3 is 2.59 bits per heavy atom. The van der Waals surface area contributed by atoms with Gasteiger partial charge in [-0.1, -0.05) is 6.92 Å². The Morgan fingerprint density at radius 1 is 1.53 bits per heavy atom. The minimum atomic E-state index is -3.23. The van der Waals surface area contributed by atoms with Crippen molar-refractivity contribution in [1.82, 2.24) is 9.21 Å². The zero-order valence-corrected chi connectivity index (χ0v) is 11.9. The van der Waals surface area contributed by atoms with E-state index >= 15 is 0 Å². The molecule has 0 aromatic carbocycles. The Hall–Kier alpha value is -0.170. The number of nitrogens with two attached hydrogens (primary N) is 1. The molecule has 17 heavy (non-hydrogen) atoms. The molecule has 1 heterocycles. The molecule has 0 aliphatic carbocycles. The van der Waals surface area contributed by atoms with Crippen LogP contribution in [0.25, 0.3) is 0 Å². The van der Waals surface area contributed by atoms with E-state index in [1.165, 1.54) is 4.31 Å². The molecule has 0 saturated carbocycles. The van der Waals surface area contributed by atoms with Crippen LogP contribution in [-0.2, 0) is 10.0 Å². The molecule has 1 rings (SSSR count). The number of nitrogens with zero attached hydrogens (tertiary/aromatic N) is 2. The van der Waals surface area contributed by atoms with Crippen LogP contribution in [0.2, 0.25) is 0 Å². The highest BCUT2D eigenvalue weighted by molar-refractivity contribution is 7.89. The van der Waals surface area contributed by atoms with Crippen LogP contribution in [0.5, 0.6) is 0 Å². The molecule has 2 N–H and O–H groups in total. The van der Waals surface area contributed by atoms with E-state index < -0.39 is 15.3 Å². The first-order valence-corrected chi connectivity index (χ1v) is 7.79. The van der Waals surface area contributed by atoms with Crippen LogP contribution >= 0.6 is 0 Å². The van der Waals surface area contributed by atoms with E-state index in [4.69, 9.17) is 5.73 Å². The van der Waals surface area contributed by atoms with Gasteiger partial charge >= 0.3 is 0 Å². The maximum atomic E-state index is 12.2. The summed E-state index contributed by atoms with van der Waals surface area (Å²) in [6.07, 6.45) is 2.81. The molecule has 1 aliphatic rings. The molecule has 0 aromatic rings. The molecule has 0 aromatic heterocycles. The van der Waals surface area contributed by atoms with E-state index in [0.717, 1.165) is 19.4 Å². The van der Waals surface area contributed by atoms with E-state index in [1.54, 1.807) is 7.05 Å². The molecule has 6 heteroatoms. The summed E-state index contributed by atoms with van der Waals surface area (Å²) in [4.78, 5) is 2.23. The third-order valence-electron chi connectivity index (χ3n) is 3.71. The fraction of sp³-hybridized carbons (Fsp3) is 1.00. The number of likely N-dealkylation sites (tertiary alicyclic amines) is 1. The van der Waals surface area contributed by atoms with Crippen LogP contribution in [0.3, 0.4) is 0 Å². The van der Waals surface area contributed by atoms with Crippen molar-refractivity contribution in [2.75, 3.05) is 33.7 Å². The summed E-state index contributed by atoms with van der Waals surface area (Å²) in [7, 11) is 0.490. The zero-order chi connectivity index (χ0) is 13.1. The molecular formula is C11H25N3O2S. The first-order valence-electron chi connectivity index (χ1n) is 6.29. The Labute approximate surface area is 105 Å². The molecule has 1 fully saturated rings. The summed E-state index contributed by atoms with van der Waals surface area (Å²) in [6, 6.07) is 0.352. The van der Waals surface area contributed by atoms with Gasteiger partial charge in [-0.25, -0.2) is 12.7 Å². The smallest absolute Gasteiger partial charge is 0.218 e. The van der Waals surface area contributed by atoms with Gasteiger partial charge in [0.1, 0.15) is 0 Å². The largest absolute Gasteiger partial charge is 0.329 e. The number of hydrogen-bond donors (Lipinski definition) is 1. The van der Waals surface area contributed by atoms with E-state index in [-0.39, 0.29) is 6.54 Å². The average Bonchev–Trinajstić information content (AvgIpc) is 2.65. The Morgan fingerprint density at radius 2 is 2.18 bits per heavy atom. The van der Waals surface area contributed by atoms with Crippen LogP contribution in [0, 0.1) is 0 Å². The summed E-state index contributed by atoms with van der Waals surface area (Å²) < 4.78 is 25.9. The SMILES string of the molecule is CCC(CN)S(=O)(=O)N(C)CC1CCCN1C. The van der Waals surface area contributed by atoms with Crippen LogP contribution < -0.4 is 5.73 Å². The number of sulfonamides is 1. The predicted molar refractivity (Wildman–Crippen MR) is 70.3 cm³/mol. The first kappa shape index (κ1) is 14.9. The average molecular weight is 263 g/mol. The van der Waals surface area contributed by atoms with E-state index in [0.29, 0.717) is 19.0 Å². The van der Waals surface area contributed by atoms with E-state index in [9.17, 15) is 8.42 Å².